The Morgan fingerprint density at radius 3 is 2.33 bits per heavy atom. The van der Waals surface area contributed by atoms with Crippen molar-refractivity contribution in [2.45, 2.75) is 13.0 Å². The van der Waals surface area contributed by atoms with Crippen molar-refractivity contribution in [3.8, 4) is 0 Å². The molecule has 0 heterocycles. The third-order valence-corrected chi connectivity index (χ3v) is 2.27. The van der Waals surface area contributed by atoms with E-state index in [-0.39, 0.29) is 11.9 Å². The molecule has 0 bridgehead atoms. The van der Waals surface area contributed by atoms with Crippen molar-refractivity contribution in [1.29, 1.82) is 0 Å². The molecule has 0 saturated heterocycles. The lowest BCUT2D eigenvalue weighted by molar-refractivity contribution is 0.345. The van der Waals surface area contributed by atoms with Crippen molar-refractivity contribution in [3.63, 3.8) is 0 Å². The van der Waals surface area contributed by atoms with Gasteiger partial charge in [0.2, 0.25) is 0 Å². The van der Waals surface area contributed by atoms with E-state index in [1.54, 1.807) is 0 Å². The smallest absolute Gasteiger partial charge is 0.123 e. The monoisotopic (exact) mass is 210 g/mol. The molecule has 1 atom stereocenters. The molecule has 0 radical (unpaired) electrons. The Kier molecular flexibility index (Phi) is 4.72. The average Bonchev–Trinajstić information content (AvgIpc) is 2.17. The molecule has 1 aromatic rings. The summed E-state index contributed by atoms with van der Waals surface area (Å²) in [5.74, 6) is -0.182. The average molecular weight is 210 g/mol. The minimum absolute atomic E-state index is 0.182. The molecule has 0 aromatic heterocycles. The summed E-state index contributed by atoms with van der Waals surface area (Å²) in [5, 5.41) is 3.39. The van der Waals surface area contributed by atoms with Crippen LogP contribution in [0.15, 0.2) is 24.3 Å². The highest BCUT2D eigenvalue weighted by molar-refractivity contribution is 5.20. The van der Waals surface area contributed by atoms with E-state index >= 15 is 0 Å². The Morgan fingerprint density at radius 2 is 1.87 bits per heavy atom. The molecule has 1 unspecified atom stereocenters. The number of hydrogen-bond donors (Lipinski definition) is 1. The second kappa shape index (κ2) is 5.83. The highest BCUT2D eigenvalue weighted by Gasteiger charge is 2.10. The molecule has 2 nitrogen and oxygen atoms in total. The second-order valence-corrected chi connectivity index (χ2v) is 3.92. The first-order chi connectivity index (χ1) is 7.13. The van der Waals surface area contributed by atoms with Crippen molar-refractivity contribution >= 4 is 0 Å². The molecule has 0 amide bonds. The fourth-order valence-corrected chi connectivity index (χ4v) is 1.59. The van der Waals surface area contributed by atoms with Crippen molar-refractivity contribution in [3.05, 3.63) is 35.6 Å². The van der Waals surface area contributed by atoms with Crippen LogP contribution in [-0.4, -0.2) is 32.1 Å². The number of nitrogens with one attached hydrogen (secondary N) is 1. The zero-order valence-corrected chi connectivity index (χ0v) is 9.63. The van der Waals surface area contributed by atoms with Gasteiger partial charge in [0.05, 0.1) is 0 Å². The number of halogens is 1. The highest BCUT2D eigenvalue weighted by atomic mass is 19.1. The van der Waals surface area contributed by atoms with E-state index in [9.17, 15) is 4.39 Å². The van der Waals surface area contributed by atoms with Crippen LogP contribution in [0.3, 0.4) is 0 Å². The molecular weight excluding hydrogens is 191 g/mol. The normalized spacial score (nSPS) is 13.1. The van der Waals surface area contributed by atoms with Crippen LogP contribution in [0, 0.1) is 5.82 Å². The molecule has 1 rings (SSSR count). The SMILES string of the molecule is CCNC(CN(C)C)c1ccc(F)cc1. The number of rotatable bonds is 5. The maximum atomic E-state index is 12.8. The third-order valence-electron chi connectivity index (χ3n) is 2.27. The summed E-state index contributed by atoms with van der Waals surface area (Å²) in [6, 6.07) is 6.97. The molecule has 1 aromatic carbocycles. The minimum atomic E-state index is -0.182. The molecule has 1 N–H and O–H groups in total. The Balaban J connectivity index is 2.74. The Hall–Kier alpha value is -0.930. The van der Waals surface area contributed by atoms with E-state index in [4.69, 9.17) is 0 Å². The van der Waals surface area contributed by atoms with Gasteiger partial charge in [0.15, 0.2) is 0 Å². The van der Waals surface area contributed by atoms with Crippen LogP contribution in [0.4, 0.5) is 4.39 Å². The van der Waals surface area contributed by atoms with E-state index < -0.39 is 0 Å². The van der Waals surface area contributed by atoms with Gasteiger partial charge in [-0.3, -0.25) is 0 Å². The lowest BCUT2D eigenvalue weighted by atomic mass is 10.1. The number of likely N-dealkylation sites (N-methyl/N-ethyl adjacent to an activating group) is 2. The molecule has 0 aliphatic carbocycles. The van der Waals surface area contributed by atoms with Crippen molar-refractivity contribution < 1.29 is 4.39 Å². The molecular formula is C12H19FN2. The number of nitrogens with zero attached hydrogens (tertiary/aromatic N) is 1. The Labute approximate surface area is 91.1 Å². The van der Waals surface area contributed by atoms with E-state index in [1.165, 1.54) is 12.1 Å². The first-order valence-corrected chi connectivity index (χ1v) is 5.27. The van der Waals surface area contributed by atoms with E-state index in [2.05, 4.69) is 17.1 Å². The summed E-state index contributed by atoms with van der Waals surface area (Å²) in [7, 11) is 4.07. The minimum Gasteiger partial charge on any atom is -0.309 e. The molecule has 0 fully saturated rings. The van der Waals surface area contributed by atoms with Gasteiger partial charge in [0.1, 0.15) is 5.82 Å². The van der Waals surface area contributed by atoms with Crippen molar-refractivity contribution in [1.82, 2.24) is 10.2 Å². The maximum absolute atomic E-state index is 12.8. The summed E-state index contributed by atoms with van der Waals surface area (Å²) in [4.78, 5) is 2.12. The third kappa shape index (κ3) is 3.98. The molecule has 0 aliphatic heterocycles. The van der Waals surface area contributed by atoms with Gasteiger partial charge in [-0.25, -0.2) is 4.39 Å². The molecule has 15 heavy (non-hydrogen) atoms. The number of benzene rings is 1. The van der Waals surface area contributed by atoms with Crippen molar-refractivity contribution in [2.75, 3.05) is 27.2 Å². The van der Waals surface area contributed by atoms with Gasteiger partial charge in [0.25, 0.3) is 0 Å². The van der Waals surface area contributed by atoms with Gasteiger partial charge in [-0.1, -0.05) is 19.1 Å². The maximum Gasteiger partial charge on any atom is 0.123 e. The van der Waals surface area contributed by atoms with Gasteiger partial charge in [-0.15, -0.1) is 0 Å². The van der Waals surface area contributed by atoms with E-state index in [1.807, 2.05) is 26.2 Å². The highest BCUT2D eigenvalue weighted by Crippen LogP contribution is 2.14. The molecule has 0 aliphatic rings. The van der Waals surface area contributed by atoms with Crippen LogP contribution in [0.1, 0.15) is 18.5 Å². The fraction of sp³-hybridized carbons (Fsp3) is 0.500. The van der Waals surface area contributed by atoms with Crippen LogP contribution >= 0.6 is 0 Å². The van der Waals surface area contributed by atoms with Crippen molar-refractivity contribution in [2.24, 2.45) is 0 Å². The van der Waals surface area contributed by atoms with Crippen LogP contribution in [0.5, 0.6) is 0 Å². The standard InChI is InChI=1S/C12H19FN2/c1-4-14-12(9-15(2)3)10-5-7-11(13)8-6-10/h5-8,12,14H,4,9H2,1-3H3. The first kappa shape index (κ1) is 12.1. The van der Waals surface area contributed by atoms with E-state index in [0.29, 0.717) is 0 Å². The lowest BCUT2D eigenvalue weighted by Gasteiger charge is -2.22. The van der Waals surface area contributed by atoms with Gasteiger partial charge >= 0.3 is 0 Å². The van der Waals surface area contributed by atoms with E-state index in [0.717, 1.165) is 18.7 Å². The molecule has 3 heteroatoms. The molecule has 0 saturated carbocycles. The molecule has 0 spiro atoms. The quantitative estimate of drug-likeness (QED) is 0.800. The second-order valence-electron chi connectivity index (χ2n) is 3.92. The largest absolute Gasteiger partial charge is 0.309 e. The summed E-state index contributed by atoms with van der Waals surface area (Å²) in [5.41, 5.74) is 1.13. The predicted molar refractivity (Wildman–Crippen MR) is 61.4 cm³/mol. The van der Waals surface area contributed by atoms with Crippen LogP contribution < -0.4 is 5.32 Å². The topological polar surface area (TPSA) is 15.3 Å². The predicted octanol–water partition coefficient (Wildman–Crippen LogP) is 2.04. The Morgan fingerprint density at radius 1 is 1.27 bits per heavy atom. The van der Waals surface area contributed by atoms with Crippen LogP contribution in [0.25, 0.3) is 0 Å². The van der Waals surface area contributed by atoms with Gasteiger partial charge < -0.3 is 10.2 Å². The summed E-state index contributed by atoms with van der Waals surface area (Å²) in [6.07, 6.45) is 0. The Bertz CT molecular complexity index is 282. The fourth-order valence-electron chi connectivity index (χ4n) is 1.59. The van der Waals surface area contributed by atoms with Gasteiger partial charge in [0, 0.05) is 12.6 Å². The summed E-state index contributed by atoms with van der Waals surface area (Å²) < 4.78 is 12.8. The van der Waals surface area contributed by atoms with Gasteiger partial charge in [-0.2, -0.15) is 0 Å². The summed E-state index contributed by atoms with van der Waals surface area (Å²) in [6.45, 7) is 3.90. The van der Waals surface area contributed by atoms with Crippen LogP contribution in [-0.2, 0) is 0 Å². The summed E-state index contributed by atoms with van der Waals surface area (Å²) >= 11 is 0. The zero-order valence-electron chi connectivity index (χ0n) is 9.63. The number of hydrogen-bond acceptors (Lipinski definition) is 2. The lowest BCUT2D eigenvalue weighted by Crippen LogP contribution is -2.31. The first-order valence-electron chi connectivity index (χ1n) is 5.27. The van der Waals surface area contributed by atoms with Gasteiger partial charge in [-0.05, 0) is 38.3 Å². The zero-order chi connectivity index (χ0) is 11.3. The van der Waals surface area contributed by atoms with Crippen LogP contribution in [0.2, 0.25) is 0 Å². The molecule has 84 valence electrons.